The monoisotopic (exact) mass is 385 g/mol. The summed E-state index contributed by atoms with van der Waals surface area (Å²) in [6.07, 6.45) is 3.46. The lowest BCUT2D eigenvalue weighted by Gasteiger charge is -2.23. The minimum Gasteiger partial charge on any atom is -0.444 e. The van der Waals surface area contributed by atoms with Crippen LogP contribution in [0.3, 0.4) is 0 Å². The maximum absolute atomic E-state index is 13.1. The summed E-state index contributed by atoms with van der Waals surface area (Å²) in [6, 6.07) is 25.4. The largest absolute Gasteiger partial charge is 0.444 e. The van der Waals surface area contributed by atoms with Gasteiger partial charge in [0.2, 0.25) is 0 Å². The first-order chi connectivity index (χ1) is 14.3. The number of hydrogen-bond donors (Lipinski definition) is 0. The van der Waals surface area contributed by atoms with Crippen LogP contribution >= 0.6 is 0 Å². The van der Waals surface area contributed by atoms with E-state index in [9.17, 15) is 4.79 Å². The van der Waals surface area contributed by atoms with Crippen molar-refractivity contribution in [2.24, 2.45) is 0 Å². The van der Waals surface area contributed by atoms with Crippen LogP contribution in [0.1, 0.15) is 35.6 Å². The van der Waals surface area contributed by atoms with Gasteiger partial charge in [-0.1, -0.05) is 54.6 Å². The van der Waals surface area contributed by atoms with Gasteiger partial charge in [0, 0.05) is 0 Å². The van der Waals surface area contributed by atoms with E-state index in [0.29, 0.717) is 6.10 Å². The van der Waals surface area contributed by atoms with E-state index in [-0.39, 0.29) is 18.8 Å². The van der Waals surface area contributed by atoms with Crippen LogP contribution in [0.5, 0.6) is 0 Å². The second kappa shape index (κ2) is 7.72. The van der Waals surface area contributed by atoms with Gasteiger partial charge in [0.05, 0.1) is 17.5 Å². The van der Waals surface area contributed by atoms with E-state index in [1.165, 1.54) is 11.1 Å². The SMILES string of the molecule is O=C(OCc1cccc2c1CCCC1OC21)N(c1ccccc1)c1ccccc1. The molecule has 1 aliphatic heterocycles. The Kier molecular flexibility index (Phi) is 4.78. The quantitative estimate of drug-likeness (QED) is 0.522. The van der Waals surface area contributed by atoms with Gasteiger partial charge in [-0.05, 0) is 60.2 Å². The van der Waals surface area contributed by atoms with Crippen LogP contribution < -0.4 is 4.90 Å². The van der Waals surface area contributed by atoms with Crippen molar-refractivity contribution in [3.05, 3.63) is 95.6 Å². The van der Waals surface area contributed by atoms with Crippen LogP contribution in [0, 0.1) is 0 Å². The number of amides is 1. The molecule has 1 fully saturated rings. The first-order valence-electron chi connectivity index (χ1n) is 10.1. The van der Waals surface area contributed by atoms with Crippen molar-refractivity contribution < 1.29 is 14.3 Å². The predicted molar refractivity (Wildman–Crippen MR) is 112 cm³/mol. The summed E-state index contributed by atoms with van der Waals surface area (Å²) in [5, 5.41) is 0. The molecule has 3 aromatic carbocycles. The molecule has 0 N–H and O–H groups in total. The molecule has 0 spiro atoms. The number of hydrogen-bond acceptors (Lipinski definition) is 3. The van der Waals surface area contributed by atoms with Crippen molar-refractivity contribution in [3.63, 3.8) is 0 Å². The number of carbonyl (C=O) groups excluding carboxylic acids is 1. The Bertz CT molecular complexity index is 964. The van der Waals surface area contributed by atoms with Crippen molar-refractivity contribution >= 4 is 17.5 Å². The van der Waals surface area contributed by atoms with Crippen LogP contribution in [0.15, 0.2) is 78.9 Å². The van der Waals surface area contributed by atoms with E-state index < -0.39 is 0 Å². The predicted octanol–water partition coefficient (Wildman–Crippen LogP) is 5.94. The third-order valence-corrected chi connectivity index (χ3v) is 5.68. The van der Waals surface area contributed by atoms with E-state index in [1.807, 2.05) is 66.7 Å². The van der Waals surface area contributed by atoms with Gasteiger partial charge < -0.3 is 9.47 Å². The fourth-order valence-corrected chi connectivity index (χ4v) is 4.20. The fourth-order valence-electron chi connectivity index (χ4n) is 4.20. The normalized spacial score (nSPS) is 19.4. The molecule has 2 atom stereocenters. The van der Waals surface area contributed by atoms with Gasteiger partial charge in [0.15, 0.2) is 0 Å². The minimum atomic E-state index is -0.380. The van der Waals surface area contributed by atoms with Gasteiger partial charge >= 0.3 is 6.09 Å². The molecule has 0 saturated carbocycles. The zero-order valence-electron chi connectivity index (χ0n) is 16.2. The lowest BCUT2D eigenvalue weighted by Crippen LogP contribution is -2.26. The second-order valence-electron chi connectivity index (χ2n) is 7.53. The molecule has 29 heavy (non-hydrogen) atoms. The topological polar surface area (TPSA) is 42.1 Å². The van der Waals surface area contributed by atoms with E-state index in [4.69, 9.17) is 9.47 Å². The van der Waals surface area contributed by atoms with Crippen molar-refractivity contribution in [1.82, 2.24) is 0 Å². The third kappa shape index (κ3) is 3.64. The molecule has 1 heterocycles. The molecule has 2 aliphatic rings. The second-order valence-corrected chi connectivity index (χ2v) is 7.53. The number of ether oxygens (including phenoxy) is 2. The van der Waals surface area contributed by atoms with E-state index in [1.54, 1.807) is 4.90 Å². The van der Waals surface area contributed by atoms with E-state index >= 15 is 0 Å². The number of anilines is 2. The lowest BCUT2D eigenvalue weighted by atomic mass is 9.97. The maximum Gasteiger partial charge on any atom is 0.419 e. The van der Waals surface area contributed by atoms with Crippen LogP contribution in [0.2, 0.25) is 0 Å². The van der Waals surface area contributed by atoms with Gasteiger partial charge in [-0.25, -0.2) is 9.69 Å². The molecule has 0 radical (unpaired) electrons. The molecule has 1 amide bonds. The summed E-state index contributed by atoms with van der Waals surface area (Å²) in [5.41, 5.74) is 5.20. The summed E-state index contributed by atoms with van der Waals surface area (Å²) in [4.78, 5) is 14.7. The highest BCUT2D eigenvalue weighted by Crippen LogP contribution is 2.46. The summed E-state index contributed by atoms with van der Waals surface area (Å²) in [6.45, 7) is 0.259. The number of rotatable bonds is 4. The van der Waals surface area contributed by atoms with Crippen molar-refractivity contribution in [1.29, 1.82) is 0 Å². The Morgan fingerprint density at radius 1 is 0.931 bits per heavy atom. The summed E-state index contributed by atoms with van der Waals surface area (Å²) in [7, 11) is 0. The fraction of sp³-hybridized carbons (Fsp3) is 0.240. The Labute approximate surface area is 170 Å². The highest BCUT2D eigenvalue weighted by molar-refractivity contribution is 5.95. The van der Waals surface area contributed by atoms with Crippen LogP contribution in [0.4, 0.5) is 16.2 Å². The Hall–Kier alpha value is -3.11. The van der Waals surface area contributed by atoms with Crippen LogP contribution in [-0.2, 0) is 22.5 Å². The minimum absolute atomic E-state index is 0.230. The van der Waals surface area contributed by atoms with E-state index in [2.05, 4.69) is 12.1 Å². The average Bonchev–Trinajstić information content (AvgIpc) is 3.55. The van der Waals surface area contributed by atoms with Crippen LogP contribution in [-0.4, -0.2) is 12.2 Å². The molecular weight excluding hydrogens is 362 g/mol. The van der Waals surface area contributed by atoms with Gasteiger partial charge in [-0.15, -0.1) is 0 Å². The number of para-hydroxylation sites is 2. The zero-order chi connectivity index (χ0) is 19.6. The number of epoxide rings is 1. The molecule has 1 saturated heterocycles. The summed E-state index contributed by atoms with van der Waals surface area (Å²) >= 11 is 0. The third-order valence-electron chi connectivity index (χ3n) is 5.68. The van der Waals surface area contributed by atoms with Gasteiger partial charge in [0.25, 0.3) is 0 Å². The first-order valence-corrected chi connectivity index (χ1v) is 10.1. The van der Waals surface area contributed by atoms with Gasteiger partial charge in [-0.3, -0.25) is 0 Å². The van der Waals surface area contributed by atoms with Crippen molar-refractivity contribution in [2.75, 3.05) is 4.90 Å². The molecular formula is C25H23NO3. The molecule has 5 rings (SSSR count). The summed E-state index contributed by atoms with van der Waals surface area (Å²) < 4.78 is 11.6. The number of carbonyl (C=O) groups is 1. The highest BCUT2D eigenvalue weighted by atomic mass is 16.6. The molecule has 146 valence electrons. The molecule has 4 nitrogen and oxygen atoms in total. The van der Waals surface area contributed by atoms with E-state index in [0.717, 1.165) is 36.2 Å². The van der Waals surface area contributed by atoms with Crippen molar-refractivity contribution in [3.8, 4) is 0 Å². The molecule has 1 aliphatic carbocycles. The Morgan fingerprint density at radius 3 is 2.31 bits per heavy atom. The van der Waals surface area contributed by atoms with Gasteiger partial charge in [-0.2, -0.15) is 0 Å². The molecule has 0 aromatic heterocycles. The average molecular weight is 385 g/mol. The smallest absolute Gasteiger partial charge is 0.419 e. The number of fused-ring (bicyclic) bond motifs is 3. The Balaban J connectivity index is 1.39. The maximum atomic E-state index is 13.1. The zero-order valence-corrected chi connectivity index (χ0v) is 16.2. The molecule has 2 unspecified atom stereocenters. The standard InChI is InChI=1S/C25H23NO3/c27-25(26(19-10-3-1-4-11-19)20-12-5-2-6-13-20)28-17-18-9-7-15-22-21(18)14-8-16-23-24(22)29-23/h1-7,9-13,15,23-24H,8,14,16-17H2. The highest BCUT2D eigenvalue weighted by Gasteiger charge is 2.42. The first kappa shape index (κ1) is 18.0. The van der Waals surface area contributed by atoms with Crippen molar-refractivity contribution in [2.45, 2.75) is 38.1 Å². The summed E-state index contributed by atoms with van der Waals surface area (Å²) in [5.74, 6) is 0. The number of nitrogens with zero attached hydrogens (tertiary/aromatic N) is 1. The number of benzene rings is 3. The van der Waals surface area contributed by atoms with Crippen LogP contribution in [0.25, 0.3) is 0 Å². The molecule has 0 bridgehead atoms. The van der Waals surface area contributed by atoms with Gasteiger partial charge in [0.1, 0.15) is 12.7 Å². The molecule has 3 aromatic rings. The molecule has 4 heteroatoms. The Morgan fingerprint density at radius 2 is 1.62 bits per heavy atom. The lowest BCUT2D eigenvalue weighted by molar-refractivity contribution is 0.149.